The molecule has 0 saturated carbocycles. The number of ether oxygens (including phenoxy) is 7. The first-order valence-electron chi connectivity index (χ1n) is 22.8. The molecule has 0 aliphatic carbocycles. The first-order chi connectivity index (χ1) is 31.8. The van der Waals surface area contributed by atoms with Crippen molar-refractivity contribution in [3.63, 3.8) is 0 Å². The lowest BCUT2D eigenvalue weighted by Gasteiger charge is -2.33. The predicted octanol–water partition coefficient (Wildman–Crippen LogP) is 6.82. The van der Waals surface area contributed by atoms with Gasteiger partial charge in [-0.3, -0.25) is 13.9 Å². The van der Waals surface area contributed by atoms with Gasteiger partial charge < -0.3 is 48.1 Å². The summed E-state index contributed by atoms with van der Waals surface area (Å²) in [5.74, 6) is -0.688. The number of fused-ring (bicyclic) bond motifs is 2. The Morgan fingerprint density at radius 1 is 0.821 bits per heavy atom. The summed E-state index contributed by atoms with van der Waals surface area (Å²) in [6.45, 7) is 14.7. The van der Waals surface area contributed by atoms with Crippen LogP contribution in [0.4, 0.5) is 11.4 Å². The summed E-state index contributed by atoms with van der Waals surface area (Å²) in [6, 6.07) is 10.6. The van der Waals surface area contributed by atoms with Crippen molar-refractivity contribution in [1.29, 1.82) is 0 Å². The van der Waals surface area contributed by atoms with Crippen molar-refractivity contribution in [3.05, 3.63) is 77.5 Å². The number of allylic oxidation sites excluding steroid dienone is 4. The van der Waals surface area contributed by atoms with E-state index in [4.69, 9.17) is 33.2 Å². The van der Waals surface area contributed by atoms with E-state index >= 15 is 0 Å². The van der Waals surface area contributed by atoms with E-state index in [1.165, 1.54) is 12.1 Å². The standard InChI is InChI=1S/C48H72N2O15S2/c1-47(2,3)41-35-38(65-44-34-37(15-17-40(41)44)49(21-23-61-29-31-63-27-25-59-5)22-24-62-30-32-64-28-26-60-6)12-10-13-45-48(4,19-11-33-66(53,54)55)42-36-39(67(56,57)58)16-18-43(42)50(45)20-9-7-8-14-46(51)52/h10,12-13,15-18,34-36,38H,7-9,11,14,19-33H2,1-6H3,(H,51,52)(H,53,54,55)(H,56,57,58)/b12-10+,45-13+. The zero-order valence-corrected chi connectivity index (χ0v) is 41.6. The number of unbranched alkanes of at least 4 members (excludes halogenated alkanes) is 2. The molecule has 3 N–H and O–H groups in total. The number of carboxylic acid groups (broad SMARTS) is 1. The molecule has 2 aromatic carbocycles. The number of aliphatic carboxylic acids is 1. The second-order valence-electron chi connectivity index (χ2n) is 17.7. The van der Waals surface area contributed by atoms with Crippen LogP contribution in [0.2, 0.25) is 0 Å². The fraction of sp³-hybridized carbons (Fsp3) is 0.604. The normalized spacial score (nSPS) is 18.0. The smallest absolute Gasteiger partial charge is 0.303 e. The van der Waals surface area contributed by atoms with Crippen LogP contribution in [0.3, 0.4) is 0 Å². The van der Waals surface area contributed by atoms with Gasteiger partial charge in [-0.25, -0.2) is 0 Å². The minimum atomic E-state index is -4.59. The van der Waals surface area contributed by atoms with Crippen LogP contribution in [0, 0.1) is 5.41 Å². The van der Waals surface area contributed by atoms with Crippen LogP contribution in [0.25, 0.3) is 5.57 Å². The van der Waals surface area contributed by atoms with E-state index in [9.17, 15) is 35.8 Å². The van der Waals surface area contributed by atoms with Crippen LogP contribution in [0.5, 0.6) is 5.75 Å². The van der Waals surface area contributed by atoms with Gasteiger partial charge >= 0.3 is 5.97 Å². The van der Waals surface area contributed by atoms with Crippen molar-refractivity contribution in [1.82, 2.24) is 0 Å². The zero-order valence-electron chi connectivity index (χ0n) is 39.9. The van der Waals surface area contributed by atoms with Crippen molar-refractivity contribution in [2.24, 2.45) is 5.41 Å². The van der Waals surface area contributed by atoms with Gasteiger partial charge in [-0.2, -0.15) is 16.8 Å². The van der Waals surface area contributed by atoms with Crippen molar-refractivity contribution >= 4 is 43.2 Å². The first-order valence-corrected chi connectivity index (χ1v) is 25.9. The van der Waals surface area contributed by atoms with Gasteiger partial charge in [0.2, 0.25) is 0 Å². The molecule has 0 bridgehead atoms. The number of hydrogen-bond acceptors (Lipinski definition) is 14. The highest BCUT2D eigenvalue weighted by Gasteiger charge is 2.44. The van der Waals surface area contributed by atoms with Crippen LogP contribution < -0.4 is 14.5 Å². The van der Waals surface area contributed by atoms with Crippen LogP contribution in [-0.4, -0.2) is 149 Å². The molecule has 2 aromatic rings. The van der Waals surface area contributed by atoms with Gasteiger partial charge in [0.25, 0.3) is 20.2 Å². The number of carbonyl (C=O) groups is 1. The Morgan fingerprint density at radius 3 is 2.00 bits per heavy atom. The summed E-state index contributed by atoms with van der Waals surface area (Å²) in [5, 5.41) is 9.21. The highest BCUT2D eigenvalue weighted by Crippen LogP contribution is 2.51. The molecule has 2 atom stereocenters. The summed E-state index contributed by atoms with van der Waals surface area (Å²) in [6.07, 6.45) is 9.30. The Morgan fingerprint density at radius 2 is 1.43 bits per heavy atom. The van der Waals surface area contributed by atoms with E-state index < -0.39 is 43.5 Å². The second-order valence-corrected chi connectivity index (χ2v) is 20.7. The van der Waals surface area contributed by atoms with Gasteiger partial charge in [0.15, 0.2) is 0 Å². The Kier molecular flexibility index (Phi) is 22.2. The van der Waals surface area contributed by atoms with E-state index in [0.717, 1.165) is 22.5 Å². The molecule has 4 rings (SSSR count). The van der Waals surface area contributed by atoms with Gasteiger partial charge in [0.1, 0.15) is 11.9 Å². The van der Waals surface area contributed by atoms with Crippen LogP contribution in [0.15, 0.2) is 71.3 Å². The van der Waals surface area contributed by atoms with E-state index in [1.807, 2.05) is 36.1 Å². The zero-order chi connectivity index (χ0) is 49.1. The van der Waals surface area contributed by atoms with Gasteiger partial charge in [-0.05, 0) is 97.7 Å². The van der Waals surface area contributed by atoms with Gasteiger partial charge in [0.05, 0.1) is 76.7 Å². The first kappa shape index (κ1) is 55.7. The molecule has 2 unspecified atom stereocenters. The number of rotatable bonds is 32. The molecule has 17 nitrogen and oxygen atoms in total. The molecule has 19 heteroatoms. The molecule has 0 amide bonds. The fourth-order valence-corrected chi connectivity index (χ4v) is 9.16. The largest absolute Gasteiger partial charge is 0.482 e. The molecule has 2 aliphatic rings. The summed E-state index contributed by atoms with van der Waals surface area (Å²) in [5.41, 5.74) is 3.74. The molecule has 0 aromatic heterocycles. The third-order valence-corrected chi connectivity index (χ3v) is 13.2. The number of carboxylic acids is 1. The second kappa shape index (κ2) is 26.8. The van der Waals surface area contributed by atoms with Crippen molar-refractivity contribution < 1.29 is 69.0 Å². The topological polar surface area (TPSA) is 217 Å². The Hall–Kier alpha value is -3.89. The molecule has 0 radical (unpaired) electrons. The molecule has 0 saturated heterocycles. The van der Waals surface area contributed by atoms with Crippen molar-refractivity contribution in [2.75, 3.05) is 115 Å². The monoisotopic (exact) mass is 980 g/mol. The van der Waals surface area contributed by atoms with Crippen molar-refractivity contribution in [3.8, 4) is 5.75 Å². The summed E-state index contributed by atoms with van der Waals surface area (Å²) in [4.78, 5) is 15.1. The number of methoxy groups -OCH3 is 2. The molecular weight excluding hydrogens is 909 g/mol. The average Bonchev–Trinajstić information content (AvgIpc) is 3.48. The van der Waals surface area contributed by atoms with Gasteiger partial charge in [-0.15, -0.1) is 0 Å². The Labute approximate surface area is 397 Å². The minimum absolute atomic E-state index is 0.0295. The highest BCUT2D eigenvalue weighted by molar-refractivity contribution is 7.86. The molecule has 2 heterocycles. The predicted molar refractivity (Wildman–Crippen MR) is 257 cm³/mol. The van der Waals surface area contributed by atoms with E-state index in [0.29, 0.717) is 122 Å². The number of benzene rings is 2. The maximum Gasteiger partial charge on any atom is 0.303 e. The third kappa shape index (κ3) is 17.9. The number of hydrogen-bond donors (Lipinski definition) is 3. The Balaban J connectivity index is 1.66. The van der Waals surface area contributed by atoms with Crippen LogP contribution in [-0.2, 0) is 58.9 Å². The molecule has 2 aliphatic heterocycles. The van der Waals surface area contributed by atoms with Gasteiger partial charge in [-0.1, -0.05) is 33.3 Å². The number of nitrogens with zero attached hydrogens (tertiary/aromatic N) is 2. The number of anilines is 2. The van der Waals surface area contributed by atoms with E-state index in [2.05, 4.69) is 43.9 Å². The lowest BCUT2D eigenvalue weighted by molar-refractivity contribution is -0.137. The lowest BCUT2D eigenvalue weighted by Crippen LogP contribution is -2.32. The van der Waals surface area contributed by atoms with Crippen molar-refractivity contribution in [2.45, 2.75) is 82.6 Å². The Bertz CT molecular complexity index is 2190. The van der Waals surface area contributed by atoms with E-state index in [-0.39, 0.29) is 29.6 Å². The van der Waals surface area contributed by atoms with Crippen LogP contribution >= 0.6 is 0 Å². The van der Waals surface area contributed by atoms with E-state index in [1.54, 1.807) is 20.3 Å². The average molecular weight is 981 g/mol. The van der Waals surface area contributed by atoms with Gasteiger partial charge in [0, 0.05) is 74.4 Å². The molecule has 67 heavy (non-hydrogen) atoms. The van der Waals surface area contributed by atoms with Crippen LogP contribution in [0.1, 0.15) is 77.3 Å². The maximum atomic E-state index is 12.4. The minimum Gasteiger partial charge on any atom is -0.482 e. The molecular formula is C48H72N2O15S2. The summed E-state index contributed by atoms with van der Waals surface area (Å²) >= 11 is 0. The molecule has 0 fully saturated rings. The molecule has 0 spiro atoms. The summed E-state index contributed by atoms with van der Waals surface area (Å²) < 4.78 is 108. The SMILES string of the molecule is COCCOCCOCCN(CCOCCOCCOC)c1ccc2c(c1)OC(/C=C/C=C1/N(CCCCCC(=O)O)c3ccc(S(=O)(=O)O)cc3C1(C)CCCS(=O)(=O)O)C=C2C(C)(C)C. The maximum absolute atomic E-state index is 12.4. The quantitative estimate of drug-likeness (QED) is 0.0506. The fourth-order valence-electron chi connectivity index (χ4n) is 8.14. The molecule has 376 valence electrons. The highest BCUT2D eigenvalue weighted by atomic mass is 32.2. The lowest BCUT2D eigenvalue weighted by atomic mass is 9.77. The summed E-state index contributed by atoms with van der Waals surface area (Å²) in [7, 11) is -5.63. The third-order valence-electron chi connectivity index (χ3n) is 11.6.